The van der Waals surface area contributed by atoms with E-state index in [1.807, 2.05) is 20.8 Å². The number of nitrogens with one attached hydrogen (secondary N) is 2. The molecule has 0 aliphatic rings. The molecule has 4 N–H and O–H groups in total. The molecule has 0 saturated heterocycles. The van der Waals surface area contributed by atoms with Crippen molar-refractivity contribution in [2.75, 3.05) is 26.2 Å². The highest BCUT2D eigenvalue weighted by Gasteiger charge is 2.09. The standard InChI is InChI=1S/C11H23N3O3/c1-11(2,3)17-6-4-5-13-10(16)8-14-9(15)7-12/h4-8,12H2,1-3H3,(H,13,16)(H,14,15). The Morgan fingerprint density at radius 3 is 2.35 bits per heavy atom. The van der Waals surface area contributed by atoms with Crippen molar-refractivity contribution in [3.8, 4) is 0 Å². The van der Waals surface area contributed by atoms with E-state index in [9.17, 15) is 9.59 Å². The maximum atomic E-state index is 11.2. The zero-order valence-electron chi connectivity index (χ0n) is 10.8. The van der Waals surface area contributed by atoms with Crippen LogP contribution in [0.3, 0.4) is 0 Å². The van der Waals surface area contributed by atoms with Crippen LogP contribution >= 0.6 is 0 Å². The maximum Gasteiger partial charge on any atom is 0.239 e. The van der Waals surface area contributed by atoms with Gasteiger partial charge in [0.05, 0.1) is 18.7 Å². The molecule has 0 fully saturated rings. The van der Waals surface area contributed by atoms with E-state index < -0.39 is 0 Å². The van der Waals surface area contributed by atoms with Crippen molar-refractivity contribution in [3.63, 3.8) is 0 Å². The molecular formula is C11H23N3O3. The van der Waals surface area contributed by atoms with Crippen LogP contribution in [0.2, 0.25) is 0 Å². The van der Waals surface area contributed by atoms with Crippen molar-refractivity contribution in [1.29, 1.82) is 0 Å². The molecule has 0 heterocycles. The molecule has 0 atom stereocenters. The van der Waals surface area contributed by atoms with Gasteiger partial charge in [0.1, 0.15) is 0 Å². The maximum absolute atomic E-state index is 11.2. The number of hydrogen-bond acceptors (Lipinski definition) is 4. The van der Waals surface area contributed by atoms with Gasteiger partial charge in [-0.2, -0.15) is 0 Å². The summed E-state index contributed by atoms with van der Waals surface area (Å²) in [5.41, 5.74) is 4.92. The molecule has 6 heteroatoms. The van der Waals surface area contributed by atoms with Crippen LogP contribution in [0, 0.1) is 0 Å². The van der Waals surface area contributed by atoms with E-state index in [0.717, 1.165) is 6.42 Å². The molecule has 2 amide bonds. The average molecular weight is 245 g/mol. The predicted molar refractivity (Wildman–Crippen MR) is 65.4 cm³/mol. The van der Waals surface area contributed by atoms with Crippen LogP contribution in [0.1, 0.15) is 27.2 Å². The van der Waals surface area contributed by atoms with Gasteiger partial charge in [-0.25, -0.2) is 0 Å². The van der Waals surface area contributed by atoms with Gasteiger partial charge in [0, 0.05) is 13.2 Å². The topological polar surface area (TPSA) is 93.5 Å². The monoisotopic (exact) mass is 245 g/mol. The van der Waals surface area contributed by atoms with Crippen molar-refractivity contribution in [3.05, 3.63) is 0 Å². The van der Waals surface area contributed by atoms with Gasteiger partial charge in [0.2, 0.25) is 11.8 Å². The van der Waals surface area contributed by atoms with Gasteiger partial charge in [0.15, 0.2) is 0 Å². The van der Waals surface area contributed by atoms with Crippen molar-refractivity contribution in [1.82, 2.24) is 10.6 Å². The molecule has 0 aromatic carbocycles. The number of hydrogen-bond donors (Lipinski definition) is 3. The van der Waals surface area contributed by atoms with Gasteiger partial charge in [-0.05, 0) is 27.2 Å². The second kappa shape index (κ2) is 8.03. The molecule has 0 radical (unpaired) electrons. The normalized spacial score (nSPS) is 11.1. The highest BCUT2D eigenvalue weighted by molar-refractivity contribution is 5.85. The first kappa shape index (κ1) is 15.9. The third-order valence-electron chi connectivity index (χ3n) is 1.81. The predicted octanol–water partition coefficient (Wildman–Crippen LogP) is -0.617. The van der Waals surface area contributed by atoms with E-state index in [0.29, 0.717) is 13.2 Å². The van der Waals surface area contributed by atoms with Crippen LogP contribution in [0.25, 0.3) is 0 Å². The fourth-order valence-electron chi connectivity index (χ4n) is 0.992. The number of carbonyl (C=O) groups excluding carboxylic acids is 2. The molecule has 0 aliphatic heterocycles. The molecule has 0 aromatic heterocycles. The zero-order valence-corrected chi connectivity index (χ0v) is 10.8. The molecule has 100 valence electrons. The van der Waals surface area contributed by atoms with E-state index >= 15 is 0 Å². The lowest BCUT2D eigenvalue weighted by atomic mass is 10.2. The molecule has 17 heavy (non-hydrogen) atoms. The summed E-state index contributed by atoms with van der Waals surface area (Å²) >= 11 is 0. The SMILES string of the molecule is CC(C)(C)OCCCNC(=O)CNC(=O)CN. The smallest absolute Gasteiger partial charge is 0.239 e. The van der Waals surface area contributed by atoms with Crippen LogP contribution in [-0.2, 0) is 14.3 Å². The highest BCUT2D eigenvalue weighted by atomic mass is 16.5. The molecule has 0 aliphatic carbocycles. The average Bonchev–Trinajstić information content (AvgIpc) is 2.23. The fraction of sp³-hybridized carbons (Fsp3) is 0.818. The number of rotatable bonds is 7. The summed E-state index contributed by atoms with van der Waals surface area (Å²) < 4.78 is 5.49. The first-order valence-electron chi connectivity index (χ1n) is 5.72. The Morgan fingerprint density at radius 1 is 1.18 bits per heavy atom. The van der Waals surface area contributed by atoms with E-state index in [1.165, 1.54) is 0 Å². The molecule has 0 aromatic rings. The van der Waals surface area contributed by atoms with Crippen LogP contribution in [0.4, 0.5) is 0 Å². The minimum atomic E-state index is -0.337. The summed E-state index contributed by atoms with van der Waals surface area (Å²) in [4.78, 5) is 22.0. The van der Waals surface area contributed by atoms with Gasteiger partial charge in [0.25, 0.3) is 0 Å². The molecule has 0 rings (SSSR count). The van der Waals surface area contributed by atoms with E-state index in [1.54, 1.807) is 0 Å². The quantitative estimate of drug-likeness (QED) is 0.521. The minimum Gasteiger partial charge on any atom is -0.376 e. The Kier molecular flexibility index (Phi) is 7.49. The molecule has 0 spiro atoms. The number of nitrogens with two attached hydrogens (primary N) is 1. The molecule has 0 unspecified atom stereocenters. The third-order valence-corrected chi connectivity index (χ3v) is 1.81. The molecule has 0 bridgehead atoms. The lowest BCUT2D eigenvalue weighted by Crippen LogP contribution is -2.39. The zero-order chi connectivity index (χ0) is 13.3. The summed E-state index contributed by atoms with van der Waals surface area (Å²) in [6, 6.07) is 0. The van der Waals surface area contributed by atoms with Gasteiger partial charge < -0.3 is 21.1 Å². The molecule has 0 saturated carbocycles. The van der Waals surface area contributed by atoms with Crippen molar-refractivity contribution >= 4 is 11.8 Å². The molecule has 6 nitrogen and oxygen atoms in total. The Bertz CT molecular complexity index is 249. The first-order valence-corrected chi connectivity index (χ1v) is 5.72. The van der Waals surface area contributed by atoms with Crippen LogP contribution in [0.15, 0.2) is 0 Å². The summed E-state index contributed by atoms with van der Waals surface area (Å²) in [5.74, 6) is -0.557. The summed E-state index contributed by atoms with van der Waals surface area (Å²) in [7, 11) is 0. The van der Waals surface area contributed by atoms with E-state index in [4.69, 9.17) is 10.5 Å². The van der Waals surface area contributed by atoms with Crippen molar-refractivity contribution in [2.24, 2.45) is 5.73 Å². The Morgan fingerprint density at radius 2 is 1.82 bits per heavy atom. The second-order valence-corrected chi connectivity index (χ2v) is 4.65. The summed E-state index contributed by atoms with van der Waals surface area (Å²) in [5, 5.41) is 5.06. The number of ether oxygens (including phenoxy) is 1. The van der Waals surface area contributed by atoms with Crippen LogP contribution in [-0.4, -0.2) is 43.7 Å². The van der Waals surface area contributed by atoms with E-state index in [2.05, 4.69) is 10.6 Å². The van der Waals surface area contributed by atoms with Crippen molar-refractivity contribution in [2.45, 2.75) is 32.8 Å². The lowest BCUT2D eigenvalue weighted by molar-refractivity contribution is -0.125. The largest absolute Gasteiger partial charge is 0.376 e. The Hall–Kier alpha value is -1.14. The highest BCUT2D eigenvalue weighted by Crippen LogP contribution is 2.06. The third kappa shape index (κ3) is 11.1. The molecular weight excluding hydrogens is 222 g/mol. The fourth-order valence-corrected chi connectivity index (χ4v) is 0.992. The van der Waals surface area contributed by atoms with E-state index in [-0.39, 0.29) is 30.5 Å². The summed E-state index contributed by atoms with van der Waals surface area (Å²) in [6.45, 7) is 6.94. The Labute approximate surface area is 102 Å². The van der Waals surface area contributed by atoms with Gasteiger partial charge in [-0.3, -0.25) is 9.59 Å². The van der Waals surface area contributed by atoms with Gasteiger partial charge in [-0.15, -0.1) is 0 Å². The van der Waals surface area contributed by atoms with Gasteiger partial charge >= 0.3 is 0 Å². The van der Waals surface area contributed by atoms with Crippen LogP contribution in [0.5, 0.6) is 0 Å². The second-order valence-electron chi connectivity index (χ2n) is 4.65. The van der Waals surface area contributed by atoms with Crippen LogP contribution < -0.4 is 16.4 Å². The van der Waals surface area contributed by atoms with Gasteiger partial charge in [-0.1, -0.05) is 0 Å². The number of carbonyl (C=O) groups is 2. The number of amides is 2. The lowest BCUT2D eigenvalue weighted by Gasteiger charge is -2.19. The minimum absolute atomic E-state index is 0.0316. The first-order chi connectivity index (χ1) is 7.85. The summed E-state index contributed by atoms with van der Waals surface area (Å²) in [6.07, 6.45) is 0.744. The van der Waals surface area contributed by atoms with Crippen molar-refractivity contribution < 1.29 is 14.3 Å². The Balaban J connectivity index is 3.43.